The Labute approximate surface area is 107 Å². The fourth-order valence-corrected chi connectivity index (χ4v) is 3.12. The lowest BCUT2D eigenvalue weighted by atomic mass is 9.94. The van der Waals surface area contributed by atoms with Crippen LogP contribution in [-0.2, 0) is 0 Å². The Morgan fingerprint density at radius 1 is 1.53 bits per heavy atom. The molecule has 1 fully saturated rings. The molecule has 1 saturated heterocycles. The van der Waals surface area contributed by atoms with E-state index in [0.717, 1.165) is 17.8 Å². The Morgan fingerprint density at radius 3 is 2.76 bits per heavy atom. The zero-order chi connectivity index (χ0) is 12.6. The molecule has 0 spiro atoms. The first-order valence-corrected chi connectivity index (χ1v) is 6.92. The predicted molar refractivity (Wildman–Crippen MR) is 71.5 cm³/mol. The van der Waals surface area contributed by atoms with Gasteiger partial charge >= 0.3 is 0 Å². The first kappa shape index (κ1) is 12.6. The molecule has 94 valence electrons. The number of carbonyl (C=O) groups is 1. The van der Waals surface area contributed by atoms with Crippen LogP contribution in [0.1, 0.15) is 33.5 Å². The molecule has 2 N–H and O–H groups in total. The van der Waals surface area contributed by atoms with Crippen LogP contribution in [0.5, 0.6) is 0 Å². The Bertz CT molecular complexity index is 408. The standard InChI is InChI=1S/C13H20N2OS/c1-8-4-5-15(7-11(8)14)13(16)12-6-9(2)10(3)17-12/h6,8,11H,4-5,7,14H2,1-3H3. The number of rotatable bonds is 1. The number of piperidine rings is 1. The summed E-state index contributed by atoms with van der Waals surface area (Å²) < 4.78 is 0. The van der Waals surface area contributed by atoms with Crippen LogP contribution in [0.2, 0.25) is 0 Å². The van der Waals surface area contributed by atoms with E-state index in [1.807, 2.05) is 17.9 Å². The van der Waals surface area contributed by atoms with E-state index in [9.17, 15) is 4.79 Å². The molecule has 4 heteroatoms. The van der Waals surface area contributed by atoms with Gasteiger partial charge in [-0.15, -0.1) is 11.3 Å². The summed E-state index contributed by atoms with van der Waals surface area (Å²) in [5.74, 6) is 0.666. The molecule has 1 aromatic rings. The van der Waals surface area contributed by atoms with E-state index in [4.69, 9.17) is 5.73 Å². The van der Waals surface area contributed by atoms with Crippen molar-refractivity contribution in [2.75, 3.05) is 13.1 Å². The molecule has 17 heavy (non-hydrogen) atoms. The summed E-state index contributed by atoms with van der Waals surface area (Å²) in [6, 6.07) is 2.11. The normalized spacial score (nSPS) is 25.1. The lowest BCUT2D eigenvalue weighted by Gasteiger charge is -2.34. The molecule has 0 bridgehead atoms. The lowest BCUT2D eigenvalue weighted by molar-refractivity contribution is 0.0677. The number of hydrogen-bond acceptors (Lipinski definition) is 3. The highest BCUT2D eigenvalue weighted by Crippen LogP contribution is 2.24. The maximum absolute atomic E-state index is 12.3. The molecule has 1 aromatic heterocycles. The number of thiophene rings is 1. The van der Waals surface area contributed by atoms with Crippen LogP contribution in [0.4, 0.5) is 0 Å². The van der Waals surface area contributed by atoms with E-state index >= 15 is 0 Å². The van der Waals surface area contributed by atoms with Crippen molar-refractivity contribution >= 4 is 17.2 Å². The van der Waals surface area contributed by atoms with Gasteiger partial charge < -0.3 is 10.6 Å². The van der Waals surface area contributed by atoms with E-state index in [1.54, 1.807) is 11.3 Å². The summed E-state index contributed by atoms with van der Waals surface area (Å²) in [5, 5.41) is 0. The van der Waals surface area contributed by atoms with Crippen molar-refractivity contribution in [2.24, 2.45) is 11.7 Å². The second kappa shape index (κ2) is 4.78. The van der Waals surface area contributed by atoms with Crippen molar-refractivity contribution in [3.63, 3.8) is 0 Å². The van der Waals surface area contributed by atoms with E-state index in [0.29, 0.717) is 12.5 Å². The molecule has 2 heterocycles. The van der Waals surface area contributed by atoms with Gasteiger partial charge in [0.25, 0.3) is 5.91 Å². The zero-order valence-electron chi connectivity index (χ0n) is 10.7. The Morgan fingerprint density at radius 2 is 2.24 bits per heavy atom. The van der Waals surface area contributed by atoms with Gasteiger partial charge in [-0.2, -0.15) is 0 Å². The van der Waals surface area contributed by atoms with Crippen molar-refractivity contribution in [1.82, 2.24) is 4.90 Å². The molecule has 1 amide bonds. The summed E-state index contributed by atoms with van der Waals surface area (Å²) >= 11 is 1.59. The summed E-state index contributed by atoms with van der Waals surface area (Å²) in [7, 11) is 0. The van der Waals surface area contributed by atoms with E-state index in [-0.39, 0.29) is 11.9 Å². The van der Waals surface area contributed by atoms with E-state index in [2.05, 4.69) is 13.8 Å². The fraction of sp³-hybridized carbons (Fsp3) is 0.615. The van der Waals surface area contributed by atoms with E-state index in [1.165, 1.54) is 10.4 Å². The van der Waals surface area contributed by atoms with Gasteiger partial charge in [-0.25, -0.2) is 0 Å². The monoisotopic (exact) mass is 252 g/mol. The molecular weight excluding hydrogens is 232 g/mol. The third-order valence-corrected chi connectivity index (χ3v) is 4.82. The summed E-state index contributed by atoms with van der Waals surface area (Å²) in [4.78, 5) is 16.3. The smallest absolute Gasteiger partial charge is 0.263 e. The van der Waals surface area contributed by atoms with Gasteiger partial charge in [-0.3, -0.25) is 4.79 Å². The van der Waals surface area contributed by atoms with Gasteiger partial charge in [0, 0.05) is 24.0 Å². The number of nitrogens with zero attached hydrogens (tertiary/aromatic N) is 1. The molecule has 0 saturated carbocycles. The molecule has 0 aromatic carbocycles. The van der Waals surface area contributed by atoms with Crippen LogP contribution >= 0.6 is 11.3 Å². The molecule has 2 unspecified atom stereocenters. The summed E-state index contributed by atoms with van der Waals surface area (Å²) in [5.41, 5.74) is 7.23. The van der Waals surface area contributed by atoms with Crippen LogP contribution in [0, 0.1) is 19.8 Å². The maximum Gasteiger partial charge on any atom is 0.263 e. The molecule has 1 aliphatic rings. The minimum Gasteiger partial charge on any atom is -0.336 e. The minimum atomic E-state index is 0.120. The van der Waals surface area contributed by atoms with Crippen LogP contribution in [0.15, 0.2) is 6.07 Å². The highest BCUT2D eigenvalue weighted by molar-refractivity contribution is 7.14. The second-order valence-electron chi connectivity index (χ2n) is 5.03. The van der Waals surface area contributed by atoms with Gasteiger partial charge in [0.05, 0.1) is 4.88 Å². The quantitative estimate of drug-likeness (QED) is 0.832. The third kappa shape index (κ3) is 2.53. The number of nitrogens with two attached hydrogens (primary N) is 1. The van der Waals surface area contributed by atoms with Gasteiger partial charge in [-0.05, 0) is 37.8 Å². The predicted octanol–water partition coefficient (Wildman–Crippen LogP) is 2.17. The first-order chi connectivity index (χ1) is 7.99. The first-order valence-electron chi connectivity index (χ1n) is 6.11. The minimum absolute atomic E-state index is 0.120. The van der Waals surface area contributed by atoms with Crippen LogP contribution in [0.25, 0.3) is 0 Å². The third-order valence-electron chi connectivity index (χ3n) is 3.68. The Balaban J connectivity index is 2.10. The summed E-state index contributed by atoms with van der Waals surface area (Å²) in [6.07, 6.45) is 1.01. The van der Waals surface area contributed by atoms with Gasteiger partial charge in [0.2, 0.25) is 0 Å². The van der Waals surface area contributed by atoms with Crippen LogP contribution in [0.3, 0.4) is 0 Å². The van der Waals surface area contributed by atoms with E-state index < -0.39 is 0 Å². The average Bonchev–Trinajstić information content (AvgIpc) is 2.62. The zero-order valence-corrected chi connectivity index (χ0v) is 11.5. The van der Waals surface area contributed by atoms with Crippen molar-refractivity contribution in [3.8, 4) is 0 Å². The average molecular weight is 252 g/mol. The number of aryl methyl sites for hydroxylation is 2. The SMILES string of the molecule is Cc1cc(C(=O)N2CCC(C)C(N)C2)sc1C. The largest absolute Gasteiger partial charge is 0.336 e. The van der Waals surface area contributed by atoms with Crippen LogP contribution in [-0.4, -0.2) is 29.9 Å². The highest BCUT2D eigenvalue weighted by atomic mass is 32.1. The van der Waals surface area contributed by atoms with Gasteiger partial charge in [0.1, 0.15) is 0 Å². The topological polar surface area (TPSA) is 46.3 Å². The number of likely N-dealkylation sites (tertiary alicyclic amines) is 1. The number of amides is 1. The van der Waals surface area contributed by atoms with Gasteiger partial charge in [-0.1, -0.05) is 6.92 Å². The molecule has 1 aliphatic heterocycles. The number of carbonyl (C=O) groups excluding carboxylic acids is 1. The van der Waals surface area contributed by atoms with Gasteiger partial charge in [0.15, 0.2) is 0 Å². The second-order valence-corrected chi connectivity index (χ2v) is 6.29. The van der Waals surface area contributed by atoms with Crippen molar-refractivity contribution in [1.29, 1.82) is 0 Å². The Kier molecular flexibility index (Phi) is 3.54. The lowest BCUT2D eigenvalue weighted by Crippen LogP contribution is -2.49. The molecular formula is C13H20N2OS. The fourth-order valence-electron chi connectivity index (χ4n) is 2.12. The highest BCUT2D eigenvalue weighted by Gasteiger charge is 2.27. The maximum atomic E-state index is 12.3. The molecule has 2 atom stereocenters. The molecule has 2 rings (SSSR count). The molecule has 0 aliphatic carbocycles. The summed E-state index contributed by atoms with van der Waals surface area (Å²) in [6.45, 7) is 7.79. The van der Waals surface area contributed by atoms with Crippen molar-refractivity contribution < 1.29 is 4.79 Å². The number of hydrogen-bond donors (Lipinski definition) is 1. The van der Waals surface area contributed by atoms with Crippen molar-refractivity contribution in [3.05, 3.63) is 21.4 Å². The Hall–Kier alpha value is -0.870. The molecule has 0 radical (unpaired) electrons. The molecule has 3 nitrogen and oxygen atoms in total. The van der Waals surface area contributed by atoms with Crippen LogP contribution < -0.4 is 5.73 Å². The van der Waals surface area contributed by atoms with Crippen molar-refractivity contribution in [2.45, 2.75) is 33.2 Å².